The van der Waals surface area contributed by atoms with Crippen LogP contribution in [0.25, 0.3) is 0 Å². The third-order valence-electron chi connectivity index (χ3n) is 5.32. The number of likely N-dealkylation sites (tertiary alicyclic amines) is 1. The summed E-state index contributed by atoms with van der Waals surface area (Å²) in [6.45, 7) is 5.36. The fourth-order valence-corrected chi connectivity index (χ4v) is 3.74. The van der Waals surface area contributed by atoms with Gasteiger partial charge in [-0.2, -0.15) is 0 Å². The third-order valence-corrected chi connectivity index (χ3v) is 5.32. The van der Waals surface area contributed by atoms with Crippen LogP contribution >= 0.6 is 0 Å². The van der Waals surface area contributed by atoms with Crippen molar-refractivity contribution < 1.29 is 19.9 Å². The molecule has 0 radical (unpaired) electrons. The van der Waals surface area contributed by atoms with Gasteiger partial charge in [0.1, 0.15) is 5.54 Å². The molecule has 142 valence electrons. The van der Waals surface area contributed by atoms with Gasteiger partial charge in [-0.3, -0.25) is 9.79 Å². The van der Waals surface area contributed by atoms with Crippen LogP contribution in [0.4, 0.5) is 0 Å². The standard InChI is InChI=1S/C15H30BN5O4/c1-3-21(12-7-19-8-12)14(18-2)20-9-11(5-4-6-16(24)25)15(17,10-20)13(22)23/h11-12,19,24-25H,3-10,17H2,1-2H3,(H,22,23)/b18-14+. The molecule has 10 heteroatoms. The lowest BCUT2D eigenvalue weighted by molar-refractivity contribution is -0.144. The quantitative estimate of drug-likeness (QED) is 0.206. The predicted molar refractivity (Wildman–Crippen MR) is 96.2 cm³/mol. The summed E-state index contributed by atoms with van der Waals surface area (Å²) in [5.41, 5.74) is 4.90. The first-order valence-corrected chi connectivity index (χ1v) is 8.91. The maximum absolute atomic E-state index is 11.8. The molecule has 0 aromatic carbocycles. The van der Waals surface area contributed by atoms with Gasteiger partial charge in [0.15, 0.2) is 5.96 Å². The number of carboxylic acid groups (broad SMARTS) is 1. The highest BCUT2D eigenvalue weighted by molar-refractivity contribution is 6.40. The number of carbonyl (C=O) groups is 1. The normalized spacial score (nSPS) is 27.3. The maximum Gasteiger partial charge on any atom is 0.451 e. The molecule has 6 N–H and O–H groups in total. The number of likely N-dealkylation sites (N-methyl/N-ethyl adjacent to an activating group) is 1. The molecular formula is C15H30BN5O4. The van der Waals surface area contributed by atoms with Gasteiger partial charge in [-0.05, 0) is 19.7 Å². The Kier molecular flexibility index (Phi) is 6.67. The number of hydrogen-bond acceptors (Lipinski definition) is 6. The summed E-state index contributed by atoms with van der Waals surface area (Å²) in [5.74, 6) is -0.498. The first-order valence-electron chi connectivity index (χ1n) is 8.91. The zero-order valence-corrected chi connectivity index (χ0v) is 15.1. The van der Waals surface area contributed by atoms with Crippen molar-refractivity contribution in [3.05, 3.63) is 0 Å². The van der Waals surface area contributed by atoms with Crippen molar-refractivity contribution in [3.63, 3.8) is 0 Å². The fraction of sp³-hybridized carbons (Fsp3) is 0.867. The molecule has 2 unspecified atom stereocenters. The fourth-order valence-electron chi connectivity index (χ4n) is 3.74. The lowest BCUT2D eigenvalue weighted by Crippen LogP contribution is -2.62. The molecule has 2 aliphatic rings. The highest BCUT2D eigenvalue weighted by Gasteiger charge is 2.50. The van der Waals surface area contributed by atoms with Crippen LogP contribution in [0, 0.1) is 5.92 Å². The minimum atomic E-state index is -1.37. The Bertz CT molecular complexity index is 502. The van der Waals surface area contributed by atoms with Crippen molar-refractivity contribution in [2.75, 3.05) is 39.8 Å². The van der Waals surface area contributed by atoms with Crippen LogP contribution in [-0.4, -0.2) is 95.4 Å². The van der Waals surface area contributed by atoms with Crippen molar-refractivity contribution in [3.8, 4) is 0 Å². The molecule has 9 nitrogen and oxygen atoms in total. The number of aliphatic imine (C=N–C) groups is 1. The highest BCUT2D eigenvalue weighted by Crippen LogP contribution is 2.31. The zero-order chi connectivity index (χ0) is 18.6. The second kappa shape index (κ2) is 8.35. The number of hydrogen-bond donors (Lipinski definition) is 5. The topological polar surface area (TPSA) is 135 Å². The highest BCUT2D eigenvalue weighted by atomic mass is 16.4. The average Bonchev–Trinajstić information content (AvgIpc) is 2.83. The molecule has 0 saturated carbocycles. The van der Waals surface area contributed by atoms with Crippen LogP contribution in [0.15, 0.2) is 4.99 Å². The second-order valence-electron chi connectivity index (χ2n) is 6.96. The van der Waals surface area contributed by atoms with E-state index in [1.807, 2.05) is 4.90 Å². The number of nitrogens with two attached hydrogens (primary N) is 1. The summed E-state index contributed by atoms with van der Waals surface area (Å²) in [7, 11) is 0.349. The smallest absolute Gasteiger partial charge is 0.451 e. The monoisotopic (exact) mass is 355 g/mol. The molecule has 2 rings (SSSR count). The Balaban J connectivity index is 2.11. The van der Waals surface area contributed by atoms with Crippen LogP contribution < -0.4 is 11.1 Å². The first-order chi connectivity index (χ1) is 11.8. The number of guanidine groups is 1. The molecule has 0 aromatic heterocycles. The molecule has 2 heterocycles. The van der Waals surface area contributed by atoms with E-state index in [1.54, 1.807) is 7.05 Å². The van der Waals surface area contributed by atoms with Crippen LogP contribution in [-0.2, 0) is 4.79 Å². The van der Waals surface area contributed by atoms with E-state index in [0.29, 0.717) is 25.4 Å². The van der Waals surface area contributed by atoms with Gasteiger partial charge in [0, 0.05) is 45.7 Å². The average molecular weight is 355 g/mol. The Morgan fingerprint density at radius 2 is 2.16 bits per heavy atom. The summed E-state index contributed by atoms with van der Waals surface area (Å²) < 4.78 is 0. The molecule has 2 atom stereocenters. The Morgan fingerprint density at radius 1 is 1.48 bits per heavy atom. The Labute approximate surface area is 149 Å². The van der Waals surface area contributed by atoms with Crippen LogP contribution in [0.1, 0.15) is 19.8 Å². The van der Waals surface area contributed by atoms with Gasteiger partial charge in [0.05, 0.1) is 6.04 Å². The first kappa shape index (κ1) is 20.0. The van der Waals surface area contributed by atoms with Gasteiger partial charge in [-0.15, -0.1) is 0 Å². The molecule has 0 spiro atoms. The maximum atomic E-state index is 11.8. The largest absolute Gasteiger partial charge is 0.480 e. The SMILES string of the molecule is CCN(/C(=N/C)N1CC(CCCB(O)O)C(N)(C(=O)O)C1)C1CNC1. The van der Waals surface area contributed by atoms with E-state index in [0.717, 1.165) is 25.6 Å². The van der Waals surface area contributed by atoms with Crippen molar-refractivity contribution in [2.24, 2.45) is 16.6 Å². The summed E-state index contributed by atoms with van der Waals surface area (Å²) in [5, 5.41) is 30.9. The van der Waals surface area contributed by atoms with Crippen molar-refractivity contribution in [1.29, 1.82) is 0 Å². The van der Waals surface area contributed by atoms with Crippen LogP contribution in [0.2, 0.25) is 6.32 Å². The van der Waals surface area contributed by atoms with Crippen molar-refractivity contribution in [1.82, 2.24) is 15.1 Å². The van der Waals surface area contributed by atoms with Crippen molar-refractivity contribution in [2.45, 2.75) is 37.7 Å². The molecule has 0 amide bonds. The van der Waals surface area contributed by atoms with Gasteiger partial charge < -0.3 is 36.0 Å². The summed E-state index contributed by atoms with van der Waals surface area (Å²) in [6, 6.07) is 0.365. The van der Waals surface area contributed by atoms with Gasteiger partial charge in [0.25, 0.3) is 0 Å². The number of rotatable bonds is 7. The molecule has 0 aliphatic carbocycles. The number of aliphatic carboxylic acids is 1. The summed E-state index contributed by atoms with van der Waals surface area (Å²) in [4.78, 5) is 20.4. The third kappa shape index (κ3) is 4.25. The number of nitrogens with zero attached hydrogens (tertiary/aromatic N) is 3. The summed E-state index contributed by atoms with van der Waals surface area (Å²) in [6.07, 6.45) is 1.27. The number of carboxylic acids is 1. The van der Waals surface area contributed by atoms with Gasteiger partial charge in [-0.1, -0.05) is 6.42 Å². The van der Waals surface area contributed by atoms with E-state index in [1.165, 1.54) is 0 Å². The van der Waals surface area contributed by atoms with Crippen LogP contribution in [0.3, 0.4) is 0 Å². The number of nitrogens with one attached hydrogen (secondary N) is 1. The second-order valence-corrected chi connectivity index (χ2v) is 6.96. The minimum absolute atomic E-state index is 0.206. The van der Waals surface area contributed by atoms with Crippen molar-refractivity contribution >= 4 is 19.0 Å². The Morgan fingerprint density at radius 3 is 2.60 bits per heavy atom. The molecule has 0 bridgehead atoms. The van der Waals surface area contributed by atoms with E-state index in [2.05, 4.69) is 22.1 Å². The van der Waals surface area contributed by atoms with Gasteiger partial charge >= 0.3 is 13.1 Å². The van der Waals surface area contributed by atoms with Gasteiger partial charge in [-0.25, -0.2) is 0 Å². The zero-order valence-electron chi connectivity index (χ0n) is 15.1. The molecule has 2 fully saturated rings. The minimum Gasteiger partial charge on any atom is -0.480 e. The van der Waals surface area contributed by atoms with Gasteiger partial charge in [0.2, 0.25) is 0 Å². The van der Waals surface area contributed by atoms with Crippen LogP contribution in [0.5, 0.6) is 0 Å². The van der Waals surface area contributed by atoms with E-state index >= 15 is 0 Å². The Hall–Kier alpha value is -1.36. The van der Waals surface area contributed by atoms with E-state index < -0.39 is 18.6 Å². The summed E-state index contributed by atoms with van der Waals surface area (Å²) >= 11 is 0. The van der Waals surface area contributed by atoms with E-state index in [4.69, 9.17) is 15.8 Å². The molecule has 25 heavy (non-hydrogen) atoms. The van der Waals surface area contributed by atoms with E-state index in [-0.39, 0.29) is 18.8 Å². The molecule has 2 aliphatic heterocycles. The molecular weight excluding hydrogens is 325 g/mol. The lowest BCUT2D eigenvalue weighted by Gasteiger charge is -2.42. The predicted octanol–water partition coefficient (Wildman–Crippen LogP) is -1.77. The lowest BCUT2D eigenvalue weighted by atomic mass is 9.78. The molecule has 0 aromatic rings. The molecule has 2 saturated heterocycles. The van der Waals surface area contributed by atoms with E-state index in [9.17, 15) is 9.90 Å².